The summed E-state index contributed by atoms with van der Waals surface area (Å²) in [4.78, 5) is 37.1. The quantitative estimate of drug-likeness (QED) is 0.677. The highest BCUT2D eigenvalue weighted by molar-refractivity contribution is 6.03. The van der Waals surface area contributed by atoms with Crippen LogP contribution < -0.4 is 10.9 Å². The van der Waals surface area contributed by atoms with E-state index in [0.717, 1.165) is 22.8 Å². The van der Waals surface area contributed by atoms with Crippen LogP contribution in [0.4, 0.5) is 0 Å². The number of aromatic amines is 1. The molecule has 2 aromatic carbocycles. The van der Waals surface area contributed by atoms with E-state index in [9.17, 15) is 19.5 Å². The topological polar surface area (TPSA) is 99.3 Å². The van der Waals surface area contributed by atoms with Gasteiger partial charge in [0.2, 0.25) is 11.5 Å². The first-order valence-corrected chi connectivity index (χ1v) is 8.29. The molecule has 1 fully saturated rings. The van der Waals surface area contributed by atoms with Crippen molar-refractivity contribution in [1.29, 1.82) is 0 Å². The van der Waals surface area contributed by atoms with Crippen molar-refractivity contribution in [3.8, 4) is 11.1 Å². The van der Waals surface area contributed by atoms with Gasteiger partial charge < -0.3 is 15.4 Å². The third kappa shape index (κ3) is 2.86. The highest BCUT2D eigenvalue weighted by atomic mass is 16.4. The van der Waals surface area contributed by atoms with Crippen LogP contribution in [0.25, 0.3) is 22.0 Å². The Morgan fingerprint density at radius 3 is 2.38 bits per heavy atom. The normalized spacial score (nSPS) is 16.6. The zero-order valence-electron chi connectivity index (χ0n) is 13.8. The van der Waals surface area contributed by atoms with E-state index in [1.807, 2.05) is 30.3 Å². The van der Waals surface area contributed by atoms with Crippen LogP contribution >= 0.6 is 0 Å². The van der Waals surface area contributed by atoms with E-state index in [1.54, 1.807) is 12.1 Å². The SMILES string of the molecule is O=C1CC(c2ccc(-c3ccc4[nH]c(=O)cc(C(=O)O)c4c3)cc2)CN1. The van der Waals surface area contributed by atoms with Crippen molar-refractivity contribution in [3.05, 3.63) is 70.0 Å². The van der Waals surface area contributed by atoms with Crippen LogP contribution in [0.1, 0.15) is 28.3 Å². The molecule has 4 rings (SSSR count). The van der Waals surface area contributed by atoms with Crippen molar-refractivity contribution in [3.63, 3.8) is 0 Å². The molecule has 6 heteroatoms. The molecule has 1 amide bonds. The first-order valence-electron chi connectivity index (χ1n) is 8.29. The van der Waals surface area contributed by atoms with Crippen molar-refractivity contribution in [2.24, 2.45) is 0 Å². The van der Waals surface area contributed by atoms with Crippen LogP contribution in [0.15, 0.2) is 53.3 Å². The van der Waals surface area contributed by atoms with E-state index in [-0.39, 0.29) is 17.4 Å². The average Bonchev–Trinajstić information content (AvgIpc) is 3.07. The van der Waals surface area contributed by atoms with E-state index in [4.69, 9.17) is 0 Å². The predicted molar refractivity (Wildman–Crippen MR) is 97.3 cm³/mol. The number of hydrogen-bond donors (Lipinski definition) is 3. The second-order valence-corrected chi connectivity index (χ2v) is 6.44. The summed E-state index contributed by atoms with van der Waals surface area (Å²) in [6, 6.07) is 14.3. The molecule has 0 saturated carbocycles. The van der Waals surface area contributed by atoms with E-state index >= 15 is 0 Å². The molecule has 3 aromatic rings. The van der Waals surface area contributed by atoms with Crippen molar-refractivity contribution >= 4 is 22.8 Å². The number of nitrogens with one attached hydrogen (secondary N) is 2. The van der Waals surface area contributed by atoms with Gasteiger partial charge >= 0.3 is 5.97 Å². The number of carbonyl (C=O) groups excluding carboxylic acids is 1. The summed E-state index contributed by atoms with van der Waals surface area (Å²) in [5.74, 6) is -0.868. The molecule has 6 nitrogen and oxygen atoms in total. The Morgan fingerprint density at radius 1 is 1.00 bits per heavy atom. The van der Waals surface area contributed by atoms with E-state index in [0.29, 0.717) is 23.9 Å². The lowest BCUT2D eigenvalue weighted by Gasteiger charge is -2.10. The molecule has 1 aliphatic rings. The molecule has 0 spiro atoms. The maximum atomic E-state index is 11.6. The van der Waals surface area contributed by atoms with Crippen LogP contribution in [-0.2, 0) is 4.79 Å². The Labute approximate surface area is 148 Å². The lowest BCUT2D eigenvalue weighted by molar-refractivity contribution is -0.119. The Kier molecular flexibility index (Phi) is 3.80. The summed E-state index contributed by atoms with van der Waals surface area (Å²) in [6.45, 7) is 0.656. The first kappa shape index (κ1) is 16.1. The molecule has 1 aromatic heterocycles. The highest BCUT2D eigenvalue weighted by Crippen LogP contribution is 2.28. The number of benzene rings is 2. The first-order chi connectivity index (χ1) is 12.5. The van der Waals surface area contributed by atoms with Crippen molar-refractivity contribution in [2.75, 3.05) is 6.54 Å². The van der Waals surface area contributed by atoms with Crippen molar-refractivity contribution < 1.29 is 14.7 Å². The van der Waals surface area contributed by atoms with E-state index in [2.05, 4.69) is 10.3 Å². The summed E-state index contributed by atoms with van der Waals surface area (Å²) < 4.78 is 0. The molecule has 1 atom stereocenters. The number of rotatable bonds is 3. The molecular weight excluding hydrogens is 332 g/mol. The van der Waals surface area contributed by atoms with Gasteiger partial charge in [-0.05, 0) is 28.8 Å². The zero-order valence-corrected chi connectivity index (χ0v) is 13.8. The zero-order chi connectivity index (χ0) is 18.3. The van der Waals surface area contributed by atoms with Crippen molar-refractivity contribution in [1.82, 2.24) is 10.3 Å². The monoisotopic (exact) mass is 348 g/mol. The number of H-pyrrole nitrogens is 1. The molecule has 26 heavy (non-hydrogen) atoms. The smallest absolute Gasteiger partial charge is 0.336 e. The molecule has 1 saturated heterocycles. The fourth-order valence-corrected chi connectivity index (χ4v) is 3.40. The Morgan fingerprint density at radius 2 is 1.73 bits per heavy atom. The maximum Gasteiger partial charge on any atom is 0.336 e. The molecular formula is C20H16N2O4. The number of fused-ring (bicyclic) bond motifs is 1. The van der Waals surface area contributed by atoms with Crippen LogP contribution in [0.5, 0.6) is 0 Å². The third-order valence-electron chi connectivity index (χ3n) is 4.77. The summed E-state index contributed by atoms with van der Waals surface area (Å²) >= 11 is 0. The summed E-state index contributed by atoms with van der Waals surface area (Å²) in [5, 5.41) is 12.7. The van der Waals surface area contributed by atoms with Crippen LogP contribution in [0, 0.1) is 0 Å². The second kappa shape index (κ2) is 6.15. The van der Waals surface area contributed by atoms with Gasteiger partial charge in [-0.15, -0.1) is 0 Å². The van der Waals surface area contributed by atoms with Gasteiger partial charge in [0.25, 0.3) is 0 Å². The fraction of sp³-hybridized carbons (Fsp3) is 0.150. The average molecular weight is 348 g/mol. The summed E-state index contributed by atoms with van der Waals surface area (Å²) in [6.07, 6.45) is 0.505. The number of carboxylic acid groups (broad SMARTS) is 1. The van der Waals surface area contributed by atoms with Crippen LogP contribution in [-0.4, -0.2) is 28.5 Å². The van der Waals surface area contributed by atoms with E-state index in [1.165, 1.54) is 0 Å². The Bertz CT molecular complexity index is 1080. The van der Waals surface area contributed by atoms with Gasteiger partial charge in [0.05, 0.1) is 5.56 Å². The van der Waals surface area contributed by atoms with Crippen molar-refractivity contribution in [2.45, 2.75) is 12.3 Å². The van der Waals surface area contributed by atoms with Gasteiger partial charge in [-0.2, -0.15) is 0 Å². The number of hydrogen-bond acceptors (Lipinski definition) is 3. The van der Waals surface area contributed by atoms with Gasteiger partial charge in [0.15, 0.2) is 0 Å². The molecule has 0 aliphatic carbocycles. The maximum absolute atomic E-state index is 11.6. The number of aromatic nitrogens is 1. The highest BCUT2D eigenvalue weighted by Gasteiger charge is 2.22. The molecule has 0 bridgehead atoms. The minimum Gasteiger partial charge on any atom is -0.478 e. The lowest BCUT2D eigenvalue weighted by atomic mass is 9.95. The summed E-state index contributed by atoms with van der Waals surface area (Å²) in [7, 11) is 0. The number of carbonyl (C=O) groups is 2. The lowest BCUT2D eigenvalue weighted by Crippen LogP contribution is -2.13. The van der Waals surface area contributed by atoms with Gasteiger partial charge in [0.1, 0.15) is 0 Å². The van der Waals surface area contributed by atoms with E-state index < -0.39 is 11.5 Å². The summed E-state index contributed by atoms with van der Waals surface area (Å²) in [5.41, 5.74) is 2.94. The van der Waals surface area contributed by atoms with Gasteiger partial charge in [-0.1, -0.05) is 30.3 Å². The molecule has 3 N–H and O–H groups in total. The molecule has 2 heterocycles. The number of pyridine rings is 1. The number of aromatic carboxylic acids is 1. The largest absolute Gasteiger partial charge is 0.478 e. The molecule has 0 radical (unpaired) electrons. The molecule has 1 aliphatic heterocycles. The van der Waals surface area contributed by atoms with Gasteiger partial charge in [-0.25, -0.2) is 4.79 Å². The minimum atomic E-state index is -1.13. The van der Waals surface area contributed by atoms with Gasteiger partial charge in [-0.3, -0.25) is 9.59 Å². The third-order valence-corrected chi connectivity index (χ3v) is 4.77. The Hall–Kier alpha value is -3.41. The number of carboxylic acids is 1. The molecule has 130 valence electrons. The minimum absolute atomic E-state index is 0.0160. The fourth-order valence-electron chi connectivity index (χ4n) is 3.40. The van der Waals surface area contributed by atoms with Gasteiger partial charge in [0, 0.05) is 35.9 Å². The molecule has 1 unspecified atom stereocenters. The second-order valence-electron chi connectivity index (χ2n) is 6.44. The standard InChI is InChI=1S/C20H16N2O4/c23-18-8-14(10-21-18)12-3-1-11(2-4-12)13-5-6-17-15(7-13)16(20(25)26)9-19(24)22-17/h1-7,9,14H,8,10H2,(H,21,23)(H,22,24)(H,25,26). The predicted octanol–water partition coefficient (Wildman–Crippen LogP) is 2.50. The van der Waals surface area contributed by atoms with Crippen LogP contribution in [0.3, 0.4) is 0 Å². The Balaban J connectivity index is 1.73. The van der Waals surface area contributed by atoms with Crippen LogP contribution in [0.2, 0.25) is 0 Å². The number of amides is 1.